The van der Waals surface area contributed by atoms with Gasteiger partial charge < -0.3 is 10.1 Å². The largest absolute Gasteiger partial charge is 0.380 e. The summed E-state index contributed by atoms with van der Waals surface area (Å²) in [6.45, 7) is 5.52. The van der Waals surface area contributed by atoms with Gasteiger partial charge in [-0.2, -0.15) is 5.10 Å². The first-order chi connectivity index (χ1) is 8.72. The van der Waals surface area contributed by atoms with Crippen molar-refractivity contribution in [3.63, 3.8) is 0 Å². The van der Waals surface area contributed by atoms with Crippen LogP contribution in [0.4, 0.5) is 5.69 Å². The fourth-order valence-corrected chi connectivity index (χ4v) is 2.32. The van der Waals surface area contributed by atoms with Crippen LogP contribution in [-0.4, -0.2) is 29.0 Å². The molecule has 1 aliphatic rings. The Labute approximate surface area is 114 Å². The molecule has 1 unspecified atom stereocenters. The SMILES string of the molecule is C=CCn1ncc(NCC2CCCO2)c(Br)c1=O. The highest BCUT2D eigenvalue weighted by Crippen LogP contribution is 2.18. The molecule has 1 N–H and O–H groups in total. The number of ether oxygens (including phenoxy) is 1. The summed E-state index contributed by atoms with van der Waals surface area (Å²) in [5, 5.41) is 7.27. The van der Waals surface area contributed by atoms with Crippen molar-refractivity contribution in [3.05, 3.63) is 33.7 Å². The van der Waals surface area contributed by atoms with Crippen LogP contribution in [0.2, 0.25) is 0 Å². The predicted molar refractivity (Wildman–Crippen MR) is 73.9 cm³/mol. The molecular weight excluding hydrogens is 298 g/mol. The normalized spacial score (nSPS) is 18.8. The predicted octanol–water partition coefficient (Wildman–Crippen LogP) is 1.78. The first-order valence-corrected chi connectivity index (χ1v) is 6.73. The highest BCUT2D eigenvalue weighted by molar-refractivity contribution is 9.10. The lowest BCUT2D eigenvalue weighted by molar-refractivity contribution is 0.120. The number of rotatable bonds is 5. The molecule has 0 radical (unpaired) electrons. The fourth-order valence-electron chi connectivity index (χ4n) is 1.87. The topological polar surface area (TPSA) is 56.1 Å². The first kappa shape index (κ1) is 13.3. The van der Waals surface area contributed by atoms with Crippen LogP contribution < -0.4 is 10.9 Å². The monoisotopic (exact) mass is 313 g/mol. The van der Waals surface area contributed by atoms with Crippen LogP contribution in [0.25, 0.3) is 0 Å². The van der Waals surface area contributed by atoms with E-state index in [9.17, 15) is 4.79 Å². The van der Waals surface area contributed by atoms with Crippen LogP contribution >= 0.6 is 15.9 Å². The van der Waals surface area contributed by atoms with Crippen LogP contribution in [0, 0.1) is 0 Å². The standard InChI is InChI=1S/C12H16BrN3O2/c1-2-5-16-12(17)11(13)10(8-15-16)14-7-9-4-3-6-18-9/h2,8-9,14H,1,3-7H2. The smallest absolute Gasteiger partial charge is 0.283 e. The number of halogens is 1. The van der Waals surface area contributed by atoms with Crippen molar-refractivity contribution in [2.24, 2.45) is 0 Å². The second-order valence-electron chi connectivity index (χ2n) is 4.16. The maximum atomic E-state index is 11.9. The average molecular weight is 314 g/mol. The summed E-state index contributed by atoms with van der Waals surface area (Å²) in [7, 11) is 0. The zero-order valence-electron chi connectivity index (χ0n) is 10.1. The van der Waals surface area contributed by atoms with E-state index in [2.05, 4.69) is 32.9 Å². The molecule has 0 aromatic carbocycles. The van der Waals surface area contributed by atoms with Gasteiger partial charge in [0.1, 0.15) is 4.47 Å². The molecule has 0 amide bonds. The number of hydrogen-bond donors (Lipinski definition) is 1. The molecular formula is C12H16BrN3O2. The summed E-state index contributed by atoms with van der Waals surface area (Å²) in [5.74, 6) is 0. The van der Waals surface area contributed by atoms with Crippen molar-refractivity contribution in [3.8, 4) is 0 Å². The summed E-state index contributed by atoms with van der Waals surface area (Å²) >= 11 is 3.30. The Morgan fingerprint density at radius 2 is 2.56 bits per heavy atom. The van der Waals surface area contributed by atoms with Crippen molar-refractivity contribution in [2.45, 2.75) is 25.5 Å². The van der Waals surface area contributed by atoms with Crippen LogP contribution in [0.15, 0.2) is 28.1 Å². The van der Waals surface area contributed by atoms with Gasteiger partial charge in [0.15, 0.2) is 0 Å². The van der Waals surface area contributed by atoms with Crippen LogP contribution in [0.3, 0.4) is 0 Å². The Morgan fingerprint density at radius 3 is 3.22 bits per heavy atom. The molecule has 6 heteroatoms. The van der Waals surface area contributed by atoms with Gasteiger partial charge in [-0.25, -0.2) is 4.68 Å². The Hall–Kier alpha value is -1.14. The van der Waals surface area contributed by atoms with E-state index in [0.717, 1.165) is 19.4 Å². The van der Waals surface area contributed by atoms with Crippen LogP contribution in [0.5, 0.6) is 0 Å². The number of allylic oxidation sites excluding steroid dienone is 1. The van der Waals surface area contributed by atoms with E-state index in [4.69, 9.17) is 4.74 Å². The Morgan fingerprint density at radius 1 is 1.72 bits per heavy atom. The minimum Gasteiger partial charge on any atom is -0.380 e. The number of hydrogen-bond acceptors (Lipinski definition) is 4. The quantitative estimate of drug-likeness (QED) is 0.842. The van der Waals surface area contributed by atoms with Gasteiger partial charge >= 0.3 is 0 Å². The molecule has 0 aliphatic carbocycles. The lowest BCUT2D eigenvalue weighted by Crippen LogP contribution is -2.25. The molecule has 0 bridgehead atoms. The molecule has 18 heavy (non-hydrogen) atoms. The van der Waals surface area contributed by atoms with E-state index in [1.807, 2.05) is 0 Å². The van der Waals surface area contributed by atoms with Crippen molar-refractivity contribution in [1.29, 1.82) is 0 Å². The van der Waals surface area contributed by atoms with Gasteiger partial charge in [0, 0.05) is 13.2 Å². The van der Waals surface area contributed by atoms with Crippen molar-refractivity contribution >= 4 is 21.6 Å². The minimum absolute atomic E-state index is 0.160. The number of aromatic nitrogens is 2. The van der Waals surface area contributed by atoms with Gasteiger partial charge in [0.25, 0.3) is 5.56 Å². The van der Waals surface area contributed by atoms with Crippen LogP contribution in [0.1, 0.15) is 12.8 Å². The van der Waals surface area contributed by atoms with E-state index >= 15 is 0 Å². The minimum atomic E-state index is -0.160. The maximum Gasteiger partial charge on any atom is 0.283 e. The molecule has 1 aliphatic heterocycles. The molecule has 1 atom stereocenters. The van der Waals surface area contributed by atoms with Crippen molar-refractivity contribution < 1.29 is 4.74 Å². The Balaban J connectivity index is 2.06. The fraction of sp³-hybridized carbons (Fsp3) is 0.500. The molecule has 0 saturated carbocycles. The summed E-state index contributed by atoms with van der Waals surface area (Å²) in [6, 6.07) is 0. The summed E-state index contributed by atoms with van der Waals surface area (Å²) in [5.41, 5.74) is 0.544. The van der Waals surface area contributed by atoms with Gasteiger partial charge in [-0.05, 0) is 28.8 Å². The van der Waals surface area contributed by atoms with Crippen LogP contribution in [-0.2, 0) is 11.3 Å². The first-order valence-electron chi connectivity index (χ1n) is 5.94. The average Bonchev–Trinajstić information content (AvgIpc) is 2.87. The summed E-state index contributed by atoms with van der Waals surface area (Å²) in [6.07, 6.45) is 5.68. The maximum absolute atomic E-state index is 11.9. The zero-order valence-corrected chi connectivity index (χ0v) is 11.6. The molecule has 1 aromatic heterocycles. The van der Waals surface area contributed by atoms with Gasteiger partial charge in [0.05, 0.1) is 24.5 Å². The van der Waals surface area contributed by atoms with Gasteiger partial charge in [-0.1, -0.05) is 6.08 Å². The van der Waals surface area contributed by atoms with E-state index in [1.54, 1.807) is 12.3 Å². The molecule has 98 valence electrons. The number of anilines is 1. The molecule has 2 rings (SSSR count). The molecule has 1 aromatic rings. The number of nitrogens with one attached hydrogen (secondary N) is 1. The van der Waals surface area contributed by atoms with Gasteiger partial charge in [0.2, 0.25) is 0 Å². The van der Waals surface area contributed by atoms with E-state index in [-0.39, 0.29) is 11.7 Å². The van der Waals surface area contributed by atoms with E-state index in [1.165, 1.54) is 4.68 Å². The summed E-state index contributed by atoms with van der Waals surface area (Å²) in [4.78, 5) is 11.9. The van der Waals surface area contributed by atoms with E-state index < -0.39 is 0 Å². The number of nitrogens with zero attached hydrogens (tertiary/aromatic N) is 2. The second kappa shape index (κ2) is 6.15. The third-order valence-electron chi connectivity index (χ3n) is 2.83. The molecule has 1 fully saturated rings. The van der Waals surface area contributed by atoms with Gasteiger partial charge in [-0.3, -0.25) is 4.79 Å². The zero-order chi connectivity index (χ0) is 13.0. The third-order valence-corrected chi connectivity index (χ3v) is 3.60. The second-order valence-corrected chi connectivity index (χ2v) is 4.96. The van der Waals surface area contributed by atoms with E-state index in [0.29, 0.717) is 23.2 Å². The molecule has 5 nitrogen and oxygen atoms in total. The van der Waals surface area contributed by atoms with Gasteiger partial charge in [-0.15, -0.1) is 6.58 Å². The molecule has 1 saturated heterocycles. The lowest BCUT2D eigenvalue weighted by Gasteiger charge is -2.13. The van der Waals surface area contributed by atoms with Crippen molar-refractivity contribution in [2.75, 3.05) is 18.5 Å². The Bertz CT molecular complexity index is 481. The highest BCUT2D eigenvalue weighted by atomic mass is 79.9. The Kier molecular flexibility index (Phi) is 4.54. The third kappa shape index (κ3) is 3.00. The van der Waals surface area contributed by atoms with Crippen molar-refractivity contribution in [1.82, 2.24) is 9.78 Å². The molecule has 0 spiro atoms. The highest BCUT2D eigenvalue weighted by Gasteiger charge is 2.16. The summed E-state index contributed by atoms with van der Waals surface area (Å²) < 4.78 is 7.37. The lowest BCUT2D eigenvalue weighted by atomic mass is 10.2. The molecule has 2 heterocycles.